The van der Waals surface area contributed by atoms with E-state index in [-0.39, 0.29) is 25.2 Å². The first-order valence-corrected chi connectivity index (χ1v) is 7.74. The SMILES string of the molecule is [H-].[H-].[H-].[H-].[Ru+4].c1ccc(P(c2ccccc2)c2ccccc2)cc1. The van der Waals surface area contributed by atoms with Gasteiger partial charge in [0.15, 0.2) is 0 Å². The second-order valence-electron chi connectivity index (χ2n) is 4.34. The molecular weight excluding hydrogens is 348 g/mol. The molecule has 3 aromatic carbocycles. The summed E-state index contributed by atoms with van der Waals surface area (Å²) in [5.74, 6) is 0. The van der Waals surface area contributed by atoms with Crippen LogP contribution in [0.5, 0.6) is 0 Å². The third-order valence-electron chi connectivity index (χ3n) is 3.04. The van der Waals surface area contributed by atoms with E-state index in [1.54, 1.807) is 0 Å². The van der Waals surface area contributed by atoms with Crippen LogP contribution < -0.4 is 15.9 Å². The van der Waals surface area contributed by atoms with Gasteiger partial charge in [-0.05, 0) is 23.8 Å². The van der Waals surface area contributed by atoms with E-state index in [1.165, 1.54) is 15.9 Å². The molecule has 0 aromatic heterocycles. The molecule has 0 aliphatic heterocycles. The molecule has 0 fully saturated rings. The van der Waals surface area contributed by atoms with Crippen LogP contribution in [0.1, 0.15) is 5.71 Å². The zero-order chi connectivity index (χ0) is 12.9. The van der Waals surface area contributed by atoms with Crippen LogP contribution in [-0.4, -0.2) is 0 Å². The standard InChI is InChI=1S/C18H15P.Ru.4H/c1-4-10-16(11-5-1)19(17-12-6-2-7-13-17)18-14-8-3-9-15-18;;;;;/h1-15H;;;;;/q;+4;4*-1. The van der Waals surface area contributed by atoms with Crippen LogP contribution in [0.15, 0.2) is 91.0 Å². The number of benzene rings is 3. The number of rotatable bonds is 3. The van der Waals surface area contributed by atoms with Gasteiger partial charge in [0.25, 0.3) is 0 Å². The Morgan fingerprint density at radius 1 is 0.450 bits per heavy atom. The first kappa shape index (κ1) is 15.1. The van der Waals surface area contributed by atoms with Crippen molar-refractivity contribution in [3.05, 3.63) is 91.0 Å². The normalized spacial score (nSPS) is 10.1. The minimum absolute atomic E-state index is 0. The first-order chi connectivity index (χ1) is 9.45. The van der Waals surface area contributed by atoms with Crippen LogP contribution in [0.25, 0.3) is 0 Å². The third-order valence-corrected chi connectivity index (χ3v) is 5.49. The van der Waals surface area contributed by atoms with Crippen molar-refractivity contribution < 1.29 is 25.2 Å². The second kappa shape index (κ2) is 7.48. The summed E-state index contributed by atoms with van der Waals surface area (Å²) in [5, 5.41) is 4.19. The molecule has 0 aliphatic rings. The Morgan fingerprint density at radius 3 is 0.950 bits per heavy atom. The molecule has 2 heteroatoms. The molecule has 0 saturated carbocycles. The van der Waals surface area contributed by atoms with Crippen LogP contribution in [-0.2, 0) is 19.5 Å². The summed E-state index contributed by atoms with van der Waals surface area (Å²) in [5.41, 5.74) is 0. The predicted octanol–water partition coefficient (Wildman–Crippen LogP) is 3.89. The van der Waals surface area contributed by atoms with Gasteiger partial charge in [0.05, 0.1) is 0 Å². The van der Waals surface area contributed by atoms with Crippen LogP contribution in [0, 0.1) is 0 Å². The average molecular weight is 367 g/mol. The minimum atomic E-state index is -0.446. The molecule has 0 nitrogen and oxygen atoms in total. The topological polar surface area (TPSA) is 0 Å². The summed E-state index contributed by atoms with van der Waals surface area (Å²) in [6.07, 6.45) is 0. The number of hydrogen-bond donors (Lipinski definition) is 0. The predicted molar refractivity (Wildman–Crippen MR) is 89.6 cm³/mol. The fraction of sp³-hybridized carbons (Fsp3) is 0. The van der Waals surface area contributed by atoms with E-state index in [0.717, 1.165) is 0 Å². The van der Waals surface area contributed by atoms with E-state index in [9.17, 15) is 0 Å². The Labute approximate surface area is 140 Å². The maximum atomic E-state index is 2.23. The van der Waals surface area contributed by atoms with Crippen molar-refractivity contribution in [1.29, 1.82) is 0 Å². The van der Waals surface area contributed by atoms with Crippen molar-refractivity contribution in [2.45, 2.75) is 0 Å². The summed E-state index contributed by atoms with van der Waals surface area (Å²) in [7, 11) is -0.446. The Balaban J connectivity index is -0.000000882. The molecule has 3 rings (SSSR count). The summed E-state index contributed by atoms with van der Waals surface area (Å²) in [4.78, 5) is 0. The van der Waals surface area contributed by atoms with Crippen molar-refractivity contribution in [3.8, 4) is 0 Å². The molecular formula is C18H19PRu. The molecule has 0 aliphatic carbocycles. The van der Waals surface area contributed by atoms with Gasteiger partial charge >= 0.3 is 19.5 Å². The van der Waals surface area contributed by atoms with E-state index >= 15 is 0 Å². The van der Waals surface area contributed by atoms with Gasteiger partial charge < -0.3 is 5.71 Å². The van der Waals surface area contributed by atoms with E-state index in [4.69, 9.17) is 0 Å². The maximum absolute atomic E-state index is 2.23. The van der Waals surface area contributed by atoms with Gasteiger partial charge in [-0.3, -0.25) is 0 Å². The van der Waals surface area contributed by atoms with Crippen molar-refractivity contribution in [2.24, 2.45) is 0 Å². The van der Waals surface area contributed by atoms with Gasteiger partial charge in [-0.25, -0.2) is 0 Å². The van der Waals surface area contributed by atoms with Gasteiger partial charge in [0.1, 0.15) is 0 Å². The molecule has 0 spiro atoms. The van der Waals surface area contributed by atoms with E-state index < -0.39 is 7.92 Å². The fourth-order valence-corrected chi connectivity index (χ4v) is 4.48. The Hall–Kier alpha value is -1.29. The quantitative estimate of drug-likeness (QED) is 0.487. The zero-order valence-corrected chi connectivity index (χ0v) is 13.6. The molecule has 0 amide bonds. The van der Waals surface area contributed by atoms with E-state index in [0.29, 0.717) is 0 Å². The van der Waals surface area contributed by atoms with Crippen LogP contribution in [0.4, 0.5) is 0 Å². The van der Waals surface area contributed by atoms with Crippen molar-refractivity contribution in [3.63, 3.8) is 0 Å². The molecule has 0 unspecified atom stereocenters. The molecule has 0 atom stereocenters. The summed E-state index contributed by atoms with van der Waals surface area (Å²) in [6, 6.07) is 32.3. The molecule has 0 radical (unpaired) electrons. The Bertz CT molecular complexity index is 545. The van der Waals surface area contributed by atoms with Crippen molar-refractivity contribution >= 4 is 23.8 Å². The molecule has 0 N–H and O–H groups in total. The van der Waals surface area contributed by atoms with E-state index in [2.05, 4.69) is 91.0 Å². The summed E-state index contributed by atoms with van der Waals surface area (Å²) < 4.78 is 0. The Morgan fingerprint density at radius 2 is 0.700 bits per heavy atom. The van der Waals surface area contributed by atoms with Crippen LogP contribution in [0.3, 0.4) is 0 Å². The largest absolute Gasteiger partial charge is 4.00 e. The van der Waals surface area contributed by atoms with Gasteiger partial charge in [-0.2, -0.15) is 0 Å². The van der Waals surface area contributed by atoms with Gasteiger partial charge in [0.2, 0.25) is 0 Å². The van der Waals surface area contributed by atoms with E-state index in [1.807, 2.05) is 0 Å². The average Bonchev–Trinajstić information content (AvgIpc) is 2.51. The summed E-state index contributed by atoms with van der Waals surface area (Å²) >= 11 is 0. The monoisotopic (exact) mass is 368 g/mol. The molecule has 0 bridgehead atoms. The minimum Gasteiger partial charge on any atom is -1.00 e. The molecule has 0 saturated heterocycles. The van der Waals surface area contributed by atoms with Gasteiger partial charge in [-0.15, -0.1) is 0 Å². The first-order valence-electron chi connectivity index (χ1n) is 6.40. The van der Waals surface area contributed by atoms with Crippen molar-refractivity contribution in [2.75, 3.05) is 0 Å². The van der Waals surface area contributed by atoms with Gasteiger partial charge in [0, 0.05) is 0 Å². The zero-order valence-electron chi connectivity index (χ0n) is 15.0. The number of hydrogen-bond acceptors (Lipinski definition) is 0. The Kier molecular flexibility index (Phi) is 5.65. The van der Waals surface area contributed by atoms with Crippen LogP contribution >= 0.6 is 7.92 Å². The molecule has 20 heavy (non-hydrogen) atoms. The second-order valence-corrected chi connectivity index (χ2v) is 6.56. The fourth-order valence-electron chi connectivity index (χ4n) is 2.18. The third kappa shape index (κ3) is 3.42. The molecule has 0 heterocycles. The maximum Gasteiger partial charge on any atom is 4.00 e. The summed E-state index contributed by atoms with van der Waals surface area (Å²) in [6.45, 7) is 0. The van der Waals surface area contributed by atoms with Crippen molar-refractivity contribution in [1.82, 2.24) is 0 Å². The molecule has 104 valence electrons. The van der Waals surface area contributed by atoms with Crippen LogP contribution in [0.2, 0.25) is 0 Å². The molecule has 3 aromatic rings. The smallest absolute Gasteiger partial charge is 1.00 e. The van der Waals surface area contributed by atoms with Gasteiger partial charge in [-0.1, -0.05) is 91.0 Å².